The second-order valence-corrected chi connectivity index (χ2v) is 6.86. The quantitative estimate of drug-likeness (QED) is 0.500. The Hall–Kier alpha value is -3.51. The van der Waals surface area contributed by atoms with E-state index >= 15 is 0 Å². The van der Waals surface area contributed by atoms with Gasteiger partial charge in [0.05, 0.1) is 5.56 Å². The normalized spacial score (nSPS) is 10.7. The number of carbonyl (C=O) groups is 1. The highest BCUT2D eigenvalue weighted by Crippen LogP contribution is 2.26. The van der Waals surface area contributed by atoms with Gasteiger partial charge in [-0.15, -0.1) is 0 Å². The van der Waals surface area contributed by atoms with Crippen molar-refractivity contribution >= 4 is 17.5 Å². The number of halogens is 3. The summed E-state index contributed by atoms with van der Waals surface area (Å²) in [5, 5.41) is 19.1. The predicted octanol–water partition coefficient (Wildman–Crippen LogP) is 4.10. The molecule has 29 heavy (non-hydrogen) atoms. The lowest BCUT2D eigenvalue weighted by Crippen LogP contribution is -2.22. The Balaban J connectivity index is 2.10. The molecule has 0 fully saturated rings. The van der Waals surface area contributed by atoms with Crippen molar-refractivity contribution in [1.82, 2.24) is 4.57 Å². The molecule has 0 spiro atoms. The Morgan fingerprint density at radius 2 is 1.83 bits per heavy atom. The van der Waals surface area contributed by atoms with E-state index in [0.29, 0.717) is 11.8 Å². The van der Waals surface area contributed by atoms with Crippen molar-refractivity contribution < 1.29 is 23.1 Å². The van der Waals surface area contributed by atoms with Crippen LogP contribution in [-0.4, -0.2) is 21.2 Å². The molecule has 5 nitrogen and oxygen atoms in total. The van der Waals surface area contributed by atoms with Crippen molar-refractivity contribution in [2.24, 2.45) is 0 Å². The molecule has 0 saturated heterocycles. The van der Waals surface area contributed by atoms with Crippen molar-refractivity contribution in [3.63, 3.8) is 0 Å². The van der Waals surface area contributed by atoms with E-state index in [9.17, 15) is 33.1 Å². The number of alkyl halides is 2. The highest BCUT2D eigenvalue weighted by Gasteiger charge is 2.18. The number of phenols is 1. The molecule has 0 bridgehead atoms. The summed E-state index contributed by atoms with van der Waals surface area (Å²) in [6.45, 7) is 0. The van der Waals surface area contributed by atoms with Crippen molar-refractivity contribution in [1.29, 1.82) is 5.26 Å². The number of hydrogen-bond acceptors (Lipinski definition) is 5. The van der Waals surface area contributed by atoms with Crippen LogP contribution in [0.2, 0.25) is 0 Å². The molecular weight excluding hydrogens is 405 g/mol. The fourth-order valence-corrected chi connectivity index (χ4v) is 3.11. The van der Waals surface area contributed by atoms with Gasteiger partial charge in [-0.3, -0.25) is 14.2 Å². The number of aromatic hydroxyl groups is 1. The molecule has 1 N–H and O–H groups in total. The third kappa shape index (κ3) is 4.33. The lowest BCUT2D eigenvalue weighted by Gasteiger charge is -2.11. The molecule has 0 atom stereocenters. The molecule has 0 aliphatic heterocycles. The number of carbonyl (C=O) groups excluding carboxylic acids is 1. The van der Waals surface area contributed by atoms with Crippen LogP contribution >= 0.6 is 11.8 Å². The van der Waals surface area contributed by atoms with E-state index in [2.05, 4.69) is 0 Å². The van der Waals surface area contributed by atoms with E-state index in [1.165, 1.54) is 24.3 Å². The van der Waals surface area contributed by atoms with E-state index in [4.69, 9.17) is 0 Å². The summed E-state index contributed by atoms with van der Waals surface area (Å²) in [5.74, 6) is -4.60. The number of nitrogens with zero attached hydrogens (tertiary/aromatic N) is 2. The van der Waals surface area contributed by atoms with Gasteiger partial charge in [0.2, 0.25) is 0 Å². The van der Waals surface area contributed by atoms with Gasteiger partial charge in [-0.05, 0) is 48.5 Å². The third-order valence-corrected chi connectivity index (χ3v) is 4.67. The maximum Gasteiger partial charge on any atom is 0.288 e. The number of phenolic OH excluding ortho intramolecular Hbond substituents is 1. The smallest absolute Gasteiger partial charge is 0.288 e. The number of pyridine rings is 1. The Bertz CT molecular complexity index is 1190. The molecule has 1 heterocycles. The maximum absolute atomic E-state index is 13.5. The number of benzene rings is 2. The molecule has 146 valence electrons. The highest BCUT2D eigenvalue weighted by atomic mass is 32.2. The van der Waals surface area contributed by atoms with Crippen LogP contribution in [0.1, 0.15) is 21.5 Å². The largest absolute Gasteiger partial charge is 0.507 e. The monoisotopic (exact) mass is 416 g/mol. The molecule has 0 radical (unpaired) electrons. The van der Waals surface area contributed by atoms with E-state index in [0.717, 1.165) is 35.0 Å². The molecule has 3 rings (SSSR count). The number of nitriles is 1. The van der Waals surface area contributed by atoms with E-state index < -0.39 is 28.7 Å². The van der Waals surface area contributed by atoms with Gasteiger partial charge in [0, 0.05) is 22.3 Å². The Morgan fingerprint density at radius 3 is 2.45 bits per heavy atom. The second-order valence-electron chi connectivity index (χ2n) is 5.79. The van der Waals surface area contributed by atoms with Crippen LogP contribution in [0.4, 0.5) is 13.2 Å². The predicted molar refractivity (Wildman–Crippen MR) is 100 cm³/mol. The zero-order valence-corrected chi connectivity index (χ0v) is 15.3. The maximum atomic E-state index is 13.5. The summed E-state index contributed by atoms with van der Waals surface area (Å²) in [4.78, 5) is 25.5. The van der Waals surface area contributed by atoms with Gasteiger partial charge < -0.3 is 5.11 Å². The second kappa shape index (κ2) is 8.24. The summed E-state index contributed by atoms with van der Waals surface area (Å²) in [7, 11) is 0. The first-order valence-corrected chi connectivity index (χ1v) is 8.93. The third-order valence-electron chi connectivity index (χ3n) is 3.94. The van der Waals surface area contributed by atoms with E-state index in [1.807, 2.05) is 0 Å². The lowest BCUT2D eigenvalue weighted by atomic mass is 10.0. The first kappa shape index (κ1) is 20.2. The molecule has 1 aromatic heterocycles. The van der Waals surface area contributed by atoms with Crippen LogP contribution < -0.4 is 5.56 Å². The summed E-state index contributed by atoms with van der Waals surface area (Å²) < 4.78 is 39.4. The molecule has 0 saturated carbocycles. The van der Waals surface area contributed by atoms with Gasteiger partial charge in [0.1, 0.15) is 23.2 Å². The van der Waals surface area contributed by atoms with Crippen LogP contribution in [0.3, 0.4) is 0 Å². The summed E-state index contributed by atoms with van der Waals surface area (Å²) in [5.41, 5.74) is -1.29. The summed E-state index contributed by atoms with van der Waals surface area (Å²) in [6.07, 6.45) is 1.14. The van der Waals surface area contributed by atoms with Gasteiger partial charge in [-0.25, -0.2) is 4.39 Å². The van der Waals surface area contributed by atoms with Gasteiger partial charge >= 0.3 is 0 Å². The molecule has 2 aromatic carbocycles. The standard InChI is InChI=1S/C20H11F3N2O3S/c21-13-1-6-17(26)16(8-13)18(27)12-7-11(9-24)19(28)25(10-12)14-2-4-15(5-3-14)29-20(22)23/h1-8,10,20,26H. The van der Waals surface area contributed by atoms with Crippen molar-refractivity contribution in [3.8, 4) is 17.5 Å². The van der Waals surface area contributed by atoms with Gasteiger partial charge in [0.25, 0.3) is 11.3 Å². The van der Waals surface area contributed by atoms with Gasteiger partial charge in [-0.1, -0.05) is 11.8 Å². The number of ketones is 1. The minimum atomic E-state index is -2.60. The summed E-state index contributed by atoms with van der Waals surface area (Å²) >= 11 is 0.332. The first-order valence-electron chi connectivity index (χ1n) is 8.05. The Kier molecular flexibility index (Phi) is 5.75. The van der Waals surface area contributed by atoms with Gasteiger partial charge in [0.15, 0.2) is 5.78 Å². The van der Waals surface area contributed by atoms with Crippen molar-refractivity contribution in [3.05, 3.63) is 87.6 Å². The zero-order valence-electron chi connectivity index (χ0n) is 14.5. The zero-order chi connectivity index (χ0) is 21.1. The molecule has 3 aromatic rings. The van der Waals surface area contributed by atoms with Crippen LogP contribution in [0, 0.1) is 17.1 Å². The van der Waals surface area contributed by atoms with E-state index in [-0.39, 0.29) is 27.3 Å². The average Bonchev–Trinajstić information content (AvgIpc) is 2.70. The lowest BCUT2D eigenvalue weighted by molar-refractivity contribution is 0.103. The van der Waals surface area contributed by atoms with Crippen LogP contribution in [0.25, 0.3) is 5.69 Å². The Labute approximate surface area is 166 Å². The minimum Gasteiger partial charge on any atom is -0.507 e. The number of thioether (sulfide) groups is 1. The molecule has 9 heteroatoms. The van der Waals surface area contributed by atoms with Gasteiger partial charge in [-0.2, -0.15) is 14.0 Å². The average molecular weight is 416 g/mol. The fraction of sp³-hybridized carbons (Fsp3) is 0.0500. The van der Waals surface area contributed by atoms with Crippen molar-refractivity contribution in [2.45, 2.75) is 10.7 Å². The Morgan fingerprint density at radius 1 is 1.14 bits per heavy atom. The number of hydrogen-bond donors (Lipinski definition) is 1. The van der Waals surface area contributed by atoms with Crippen LogP contribution in [0.15, 0.2) is 64.4 Å². The molecular formula is C20H11F3N2O3S. The minimum absolute atomic E-state index is 0.131. The first-order chi connectivity index (χ1) is 13.8. The van der Waals surface area contributed by atoms with Crippen LogP contribution in [-0.2, 0) is 0 Å². The topological polar surface area (TPSA) is 83.1 Å². The molecule has 0 amide bonds. The van der Waals surface area contributed by atoms with Crippen molar-refractivity contribution in [2.75, 3.05) is 0 Å². The number of aromatic nitrogens is 1. The summed E-state index contributed by atoms with van der Waals surface area (Å²) in [6, 6.07) is 11.1. The number of rotatable bonds is 5. The molecule has 0 aliphatic rings. The van der Waals surface area contributed by atoms with E-state index in [1.54, 1.807) is 6.07 Å². The fourth-order valence-electron chi connectivity index (χ4n) is 2.61. The SMILES string of the molecule is N#Cc1cc(C(=O)c2cc(F)ccc2O)cn(-c2ccc(SC(F)F)cc2)c1=O. The molecule has 0 aliphatic carbocycles. The van der Waals surface area contributed by atoms with Crippen LogP contribution in [0.5, 0.6) is 5.75 Å². The highest BCUT2D eigenvalue weighted by molar-refractivity contribution is 7.99. The molecule has 0 unspecified atom stereocenters.